The number of ether oxygens (including phenoxy) is 1. The molecule has 0 rings (SSSR count). The Labute approximate surface area is 385 Å². The lowest BCUT2D eigenvalue weighted by molar-refractivity contribution is -0.151. The van der Waals surface area contributed by atoms with Gasteiger partial charge in [-0.3, -0.25) is 9.59 Å². The number of unbranched alkanes of at least 4 members (excludes halogenated alkanes) is 32. The summed E-state index contributed by atoms with van der Waals surface area (Å²) in [7, 11) is 0. The van der Waals surface area contributed by atoms with Crippen LogP contribution < -0.4 is 5.32 Å². The molecule has 0 aliphatic rings. The van der Waals surface area contributed by atoms with Crippen LogP contribution in [0.3, 0.4) is 0 Å². The molecule has 0 saturated carbocycles. The number of esters is 1. The fourth-order valence-corrected chi connectivity index (χ4v) is 8.30. The topological polar surface area (TPSA) is 95.9 Å². The van der Waals surface area contributed by atoms with Gasteiger partial charge in [-0.25, -0.2) is 0 Å². The molecule has 3 N–H and O–H groups in total. The monoisotopic (exact) mass is 872 g/mol. The molecule has 0 aliphatic heterocycles. The molecule has 364 valence electrons. The van der Waals surface area contributed by atoms with Crippen LogP contribution in [0.5, 0.6) is 0 Å². The highest BCUT2D eigenvalue weighted by Crippen LogP contribution is 2.18. The summed E-state index contributed by atoms with van der Waals surface area (Å²) in [6.07, 6.45) is 59.2. The van der Waals surface area contributed by atoms with E-state index in [4.69, 9.17) is 4.74 Å². The van der Waals surface area contributed by atoms with E-state index in [0.29, 0.717) is 19.3 Å². The molecule has 0 spiro atoms. The lowest BCUT2D eigenvalue weighted by atomic mass is 10.0. The third kappa shape index (κ3) is 44.7. The van der Waals surface area contributed by atoms with Crippen molar-refractivity contribution in [3.8, 4) is 0 Å². The molecule has 3 unspecified atom stereocenters. The fourth-order valence-electron chi connectivity index (χ4n) is 8.30. The van der Waals surface area contributed by atoms with Gasteiger partial charge in [0.1, 0.15) is 6.10 Å². The van der Waals surface area contributed by atoms with Crippen molar-refractivity contribution < 1.29 is 24.5 Å². The number of nitrogens with one attached hydrogen (secondary N) is 1. The fraction of sp³-hybridized carbons (Fsp3) is 0.857. The van der Waals surface area contributed by atoms with E-state index in [0.717, 1.165) is 77.0 Å². The minimum Gasteiger partial charge on any atom is -0.462 e. The van der Waals surface area contributed by atoms with E-state index >= 15 is 0 Å². The van der Waals surface area contributed by atoms with Gasteiger partial charge in [0, 0.05) is 6.42 Å². The predicted octanol–water partition coefficient (Wildman–Crippen LogP) is 16.5. The zero-order chi connectivity index (χ0) is 45.2. The molecule has 1 amide bonds. The van der Waals surface area contributed by atoms with Crippen molar-refractivity contribution >= 4 is 11.9 Å². The SMILES string of the molecule is CCCCCCCC/C=C/CCCCCCCC(CC(=O)NC(CO)C(O)CCCCCCCCCCCC)OC(=O)CCCCCCC/C=C/C=C/CCCCCCCCC. The molecule has 62 heavy (non-hydrogen) atoms. The van der Waals surface area contributed by atoms with E-state index in [2.05, 4.69) is 62.5 Å². The van der Waals surface area contributed by atoms with Crippen molar-refractivity contribution in [2.24, 2.45) is 0 Å². The number of rotatable bonds is 49. The van der Waals surface area contributed by atoms with Gasteiger partial charge in [-0.2, -0.15) is 0 Å². The van der Waals surface area contributed by atoms with Gasteiger partial charge in [0.2, 0.25) is 5.91 Å². The molecule has 0 heterocycles. The van der Waals surface area contributed by atoms with E-state index < -0.39 is 18.2 Å². The number of carbonyl (C=O) groups is 2. The summed E-state index contributed by atoms with van der Waals surface area (Å²) in [5.41, 5.74) is 0. The highest BCUT2D eigenvalue weighted by atomic mass is 16.5. The van der Waals surface area contributed by atoms with Gasteiger partial charge >= 0.3 is 5.97 Å². The highest BCUT2D eigenvalue weighted by Gasteiger charge is 2.24. The quantitative estimate of drug-likeness (QED) is 0.0245. The second kappa shape index (κ2) is 50.1. The number of aliphatic hydroxyl groups excluding tert-OH is 2. The smallest absolute Gasteiger partial charge is 0.306 e. The lowest BCUT2D eigenvalue weighted by Crippen LogP contribution is -2.46. The molecule has 0 aromatic carbocycles. The van der Waals surface area contributed by atoms with Crippen LogP contribution >= 0.6 is 0 Å². The van der Waals surface area contributed by atoms with E-state index in [-0.39, 0.29) is 24.9 Å². The van der Waals surface area contributed by atoms with Crippen LogP contribution in [0.2, 0.25) is 0 Å². The van der Waals surface area contributed by atoms with Gasteiger partial charge < -0.3 is 20.3 Å². The number of hydrogen-bond acceptors (Lipinski definition) is 5. The maximum Gasteiger partial charge on any atom is 0.306 e. The Kier molecular flexibility index (Phi) is 48.5. The standard InChI is InChI=1S/C56H105NO5/c1-4-7-10-13-16-19-22-24-26-27-28-30-32-34-37-40-43-46-49-56(61)62-52(47-44-41-38-35-33-31-29-25-23-20-17-14-11-8-5-2)50-55(60)57-53(51-58)54(59)48-45-42-39-36-21-18-15-12-9-6-3/h25-30,52-54,58-59H,4-24,31-51H2,1-3H3,(H,57,60)/b27-26+,29-25+,30-28+. The highest BCUT2D eigenvalue weighted by molar-refractivity contribution is 5.77. The van der Waals surface area contributed by atoms with Crippen LogP contribution in [-0.2, 0) is 14.3 Å². The molecule has 0 aliphatic carbocycles. The van der Waals surface area contributed by atoms with Gasteiger partial charge in [0.05, 0.1) is 25.2 Å². The van der Waals surface area contributed by atoms with Crippen LogP contribution in [0.1, 0.15) is 284 Å². The Bertz CT molecular complexity index is 1020. The Morgan fingerprint density at radius 2 is 0.823 bits per heavy atom. The first-order valence-corrected chi connectivity index (χ1v) is 27.2. The van der Waals surface area contributed by atoms with Crippen molar-refractivity contribution in [2.45, 2.75) is 302 Å². The first-order chi connectivity index (χ1) is 30.5. The average Bonchev–Trinajstić information content (AvgIpc) is 3.26. The van der Waals surface area contributed by atoms with Crippen LogP contribution in [0.25, 0.3) is 0 Å². The van der Waals surface area contributed by atoms with Gasteiger partial charge in [-0.15, -0.1) is 0 Å². The molecule has 0 aromatic heterocycles. The van der Waals surface area contributed by atoms with Crippen molar-refractivity contribution in [1.29, 1.82) is 0 Å². The summed E-state index contributed by atoms with van der Waals surface area (Å²) in [4.78, 5) is 26.2. The van der Waals surface area contributed by atoms with Crippen molar-refractivity contribution in [3.63, 3.8) is 0 Å². The third-order valence-electron chi connectivity index (χ3n) is 12.5. The first kappa shape index (κ1) is 60.1. The summed E-state index contributed by atoms with van der Waals surface area (Å²) in [5.74, 6) is -0.490. The first-order valence-electron chi connectivity index (χ1n) is 27.2. The van der Waals surface area contributed by atoms with Crippen molar-refractivity contribution in [3.05, 3.63) is 36.5 Å². The number of allylic oxidation sites excluding steroid dienone is 6. The summed E-state index contributed by atoms with van der Waals surface area (Å²) < 4.78 is 5.94. The zero-order valence-corrected chi connectivity index (χ0v) is 41.5. The summed E-state index contributed by atoms with van der Waals surface area (Å²) in [5, 5.41) is 23.7. The molecule has 6 heteroatoms. The second-order valence-electron chi connectivity index (χ2n) is 18.7. The van der Waals surface area contributed by atoms with Crippen LogP contribution in [0.4, 0.5) is 0 Å². The Balaban J connectivity index is 4.58. The van der Waals surface area contributed by atoms with Crippen LogP contribution in [-0.4, -0.2) is 46.9 Å². The average molecular weight is 872 g/mol. The van der Waals surface area contributed by atoms with E-state index in [9.17, 15) is 19.8 Å². The molecule has 0 aromatic rings. The Morgan fingerprint density at radius 3 is 1.24 bits per heavy atom. The van der Waals surface area contributed by atoms with Gasteiger partial charge in [0.15, 0.2) is 0 Å². The Morgan fingerprint density at radius 1 is 0.468 bits per heavy atom. The lowest BCUT2D eigenvalue weighted by Gasteiger charge is -2.24. The summed E-state index contributed by atoms with van der Waals surface area (Å²) in [6.45, 7) is 6.47. The van der Waals surface area contributed by atoms with Crippen LogP contribution in [0, 0.1) is 0 Å². The third-order valence-corrected chi connectivity index (χ3v) is 12.5. The van der Waals surface area contributed by atoms with Gasteiger partial charge in [-0.1, -0.05) is 231 Å². The number of amides is 1. The number of hydrogen-bond donors (Lipinski definition) is 3. The summed E-state index contributed by atoms with van der Waals surface area (Å²) in [6, 6.07) is -0.705. The molecular weight excluding hydrogens is 767 g/mol. The minimum absolute atomic E-state index is 0.0679. The molecule has 0 radical (unpaired) electrons. The second-order valence-corrected chi connectivity index (χ2v) is 18.7. The van der Waals surface area contributed by atoms with Crippen molar-refractivity contribution in [2.75, 3.05) is 6.61 Å². The van der Waals surface area contributed by atoms with Gasteiger partial charge in [0.25, 0.3) is 0 Å². The molecule has 0 bridgehead atoms. The number of aliphatic hydroxyl groups is 2. The van der Waals surface area contributed by atoms with E-state index in [1.165, 1.54) is 161 Å². The maximum atomic E-state index is 13.2. The maximum absolute atomic E-state index is 13.2. The Hall–Kier alpha value is -1.92. The molecular formula is C56H105NO5. The van der Waals surface area contributed by atoms with Gasteiger partial charge in [-0.05, 0) is 77.0 Å². The molecule has 6 nitrogen and oxygen atoms in total. The zero-order valence-electron chi connectivity index (χ0n) is 41.5. The number of carbonyl (C=O) groups excluding carboxylic acids is 2. The molecule has 0 fully saturated rings. The van der Waals surface area contributed by atoms with E-state index in [1.807, 2.05) is 0 Å². The van der Waals surface area contributed by atoms with E-state index in [1.54, 1.807) is 0 Å². The molecule has 3 atom stereocenters. The normalized spacial score (nSPS) is 13.4. The van der Waals surface area contributed by atoms with Crippen LogP contribution in [0.15, 0.2) is 36.5 Å². The predicted molar refractivity (Wildman–Crippen MR) is 269 cm³/mol. The summed E-state index contributed by atoms with van der Waals surface area (Å²) >= 11 is 0. The van der Waals surface area contributed by atoms with Crippen molar-refractivity contribution in [1.82, 2.24) is 5.32 Å². The molecule has 0 saturated heterocycles. The largest absolute Gasteiger partial charge is 0.462 e. The minimum atomic E-state index is -0.790.